The number of carbonyl (C=O) groups excluding carboxylic acids is 1. The number of aromatic nitrogens is 2. The first-order valence-corrected chi connectivity index (χ1v) is 10.5. The van der Waals surface area contributed by atoms with Crippen LogP contribution in [0.2, 0.25) is 10.0 Å². The molecule has 2 N–H and O–H groups in total. The van der Waals surface area contributed by atoms with Crippen molar-refractivity contribution in [3.05, 3.63) is 64.0 Å². The van der Waals surface area contributed by atoms with E-state index >= 15 is 0 Å². The summed E-state index contributed by atoms with van der Waals surface area (Å²) >= 11 is 11.9. The van der Waals surface area contributed by atoms with E-state index in [2.05, 4.69) is 20.2 Å². The van der Waals surface area contributed by atoms with Crippen molar-refractivity contribution in [3.8, 4) is 11.4 Å². The van der Waals surface area contributed by atoms with Gasteiger partial charge in [-0.2, -0.15) is 4.98 Å². The van der Waals surface area contributed by atoms with Gasteiger partial charge < -0.3 is 9.84 Å². The predicted octanol–water partition coefficient (Wildman–Crippen LogP) is 3.34. The fraction of sp³-hybridized carbons (Fsp3) is 0.118. The zero-order valence-electron chi connectivity index (χ0n) is 14.4. The summed E-state index contributed by atoms with van der Waals surface area (Å²) in [5.41, 5.74) is 1.16. The number of amides is 1. The highest BCUT2D eigenvalue weighted by Crippen LogP contribution is 2.22. The molecule has 2 aromatic carbocycles. The van der Waals surface area contributed by atoms with Crippen molar-refractivity contribution in [2.45, 2.75) is 6.54 Å². The number of carbonyl (C=O) groups is 1. The zero-order valence-corrected chi connectivity index (χ0v) is 16.8. The minimum absolute atomic E-state index is 0.000900. The highest BCUT2D eigenvalue weighted by Gasteiger charge is 2.14. The van der Waals surface area contributed by atoms with Gasteiger partial charge in [0.25, 0.3) is 5.91 Å². The van der Waals surface area contributed by atoms with Crippen molar-refractivity contribution < 1.29 is 17.7 Å². The third-order valence-electron chi connectivity index (χ3n) is 3.49. The van der Waals surface area contributed by atoms with Gasteiger partial charge in [0.15, 0.2) is 0 Å². The molecule has 0 aliphatic carbocycles. The minimum atomic E-state index is -3.44. The van der Waals surface area contributed by atoms with Crippen molar-refractivity contribution in [1.82, 2.24) is 15.5 Å². The van der Waals surface area contributed by atoms with E-state index in [0.29, 0.717) is 10.8 Å². The van der Waals surface area contributed by atoms with Crippen molar-refractivity contribution in [2.75, 3.05) is 11.0 Å². The molecule has 0 aliphatic rings. The molecule has 28 heavy (non-hydrogen) atoms. The summed E-state index contributed by atoms with van der Waals surface area (Å²) in [4.78, 5) is 16.5. The van der Waals surface area contributed by atoms with Crippen molar-refractivity contribution in [2.24, 2.45) is 0 Å². The lowest BCUT2D eigenvalue weighted by Crippen LogP contribution is -2.23. The maximum absolute atomic E-state index is 12.3. The SMILES string of the molecule is CS(=O)(=O)Nc1ccc(C(=O)NCc2nc(-c3ccc(Cl)cc3)no2)c(Cl)c1. The lowest BCUT2D eigenvalue weighted by atomic mass is 10.2. The van der Waals surface area contributed by atoms with E-state index in [4.69, 9.17) is 27.7 Å². The molecule has 1 heterocycles. The van der Waals surface area contributed by atoms with E-state index in [0.717, 1.165) is 11.8 Å². The molecule has 0 fully saturated rings. The van der Waals surface area contributed by atoms with Crippen LogP contribution in [-0.2, 0) is 16.6 Å². The number of rotatable bonds is 6. The van der Waals surface area contributed by atoms with Gasteiger partial charge >= 0.3 is 0 Å². The standard InChI is InChI=1S/C17H14Cl2N4O4S/c1-28(25,26)23-12-6-7-13(14(19)8-12)17(24)20-9-15-21-16(22-27-15)10-2-4-11(18)5-3-10/h2-8,23H,9H2,1H3,(H,20,24). The molecule has 146 valence electrons. The number of halogens is 2. The summed E-state index contributed by atoms with van der Waals surface area (Å²) in [7, 11) is -3.44. The molecule has 3 aromatic rings. The Hall–Kier alpha value is -2.62. The van der Waals surface area contributed by atoms with E-state index in [-0.39, 0.29) is 28.7 Å². The average molecular weight is 441 g/mol. The molecular formula is C17H14Cl2N4O4S. The Balaban J connectivity index is 1.65. The van der Waals surface area contributed by atoms with Crippen LogP contribution in [0.1, 0.15) is 16.2 Å². The van der Waals surface area contributed by atoms with Crippen LogP contribution in [-0.4, -0.2) is 30.7 Å². The molecule has 0 unspecified atom stereocenters. The van der Waals surface area contributed by atoms with Crippen molar-refractivity contribution in [1.29, 1.82) is 0 Å². The highest BCUT2D eigenvalue weighted by molar-refractivity contribution is 7.92. The third kappa shape index (κ3) is 5.22. The van der Waals surface area contributed by atoms with Gasteiger partial charge in [0.2, 0.25) is 21.7 Å². The average Bonchev–Trinajstić information content (AvgIpc) is 3.08. The molecule has 0 radical (unpaired) electrons. The van der Waals surface area contributed by atoms with Crippen LogP contribution < -0.4 is 10.0 Å². The van der Waals surface area contributed by atoms with E-state index in [1.165, 1.54) is 18.2 Å². The number of benzene rings is 2. The predicted molar refractivity (Wildman–Crippen MR) is 106 cm³/mol. The number of anilines is 1. The molecule has 1 aromatic heterocycles. The number of hydrogen-bond donors (Lipinski definition) is 2. The van der Waals surface area contributed by atoms with E-state index < -0.39 is 15.9 Å². The first kappa shape index (κ1) is 20.1. The molecule has 1 amide bonds. The molecule has 3 rings (SSSR count). The molecule has 11 heteroatoms. The number of hydrogen-bond acceptors (Lipinski definition) is 6. The van der Waals surface area contributed by atoms with Gasteiger partial charge in [0.05, 0.1) is 23.4 Å². The zero-order chi connectivity index (χ0) is 20.3. The summed E-state index contributed by atoms with van der Waals surface area (Å²) < 4.78 is 29.9. The maximum atomic E-state index is 12.3. The largest absolute Gasteiger partial charge is 0.343 e. The summed E-state index contributed by atoms with van der Waals surface area (Å²) in [6.07, 6.45) is 1.02. The van der Waals surface area contributed by atoms with Crippen LogP contribution in [0, 0.1) is 0 Å². The monoisotopic (exact) mass is 440 g/mol. The maximum Gasteiger partial charge on any atom is 0.253 e. The summed E-state index contributed by atoms with van der Waals surface area (Å²) in [6, 6.07) is 11.1. The Kier molecular flexibility index (Phi) is 5.87. The Labute approximate surface area is 170 Å². The number of sulfonamides is 1. The smallest absolute Gasteiger partial charge is 0.253 e. The second kappa shape index (κ2) is 8.17. The van der Waals surface area contributed by atoms with Gasteiger partial charge in [-0.15, -0.1) is 0 Å². The first-order valence-electron chi connectivity index (χ1n) is 7.85. The van der Waals surface area contributed by atoms with Gasteiger partial charge in [-0.05, 0) is 42.5 Å². The lowest BCUT2D eigenvalue weighted by Gasteiger charge is -2.08. The second-order valence-electron chi connectivity index (χ2n) is 5.77. The summed E-state index contributed by atoms with van der Waals surface area (Å²) in [5, 5.41) is 7.16. The van der Waals surface area contributed by atoms with Crippen LogP contribution in [0.5, 0.6) is 0 Å². The van der Waals surface area contributed by atoms with Crippen LogP contribution in [0.3, 0.4) is 0 Å². The Morgan fingerprint density at radius 1 is 1.14 bits per heavy atom. The van der Waals surface area contributed by atoms with Gasteiger partial charge in [-0.1, -0.05) is 28.4 Å². The van der Waals surface area contributed by atoms with E-state index in [1.807, 2.05) is 0 Å². The molecule has 0 spiro atoms. The third-order valence-corrected chi connectivity index (χ3v) is 4.66. The first-order chi connectivity index (χ1) is 13.2. The normalized spacial score (nSPS) is 11.2. The van der Waals surface area contributed by atoms with Crippen LogP contribution in [0.4, 0.5) is 5.69 Å². The molecule has 0 saturated heterocycles. The molecule has 0 atom stereocenters. The molecular weight excluding hydrogens is 427 g/mol. The fourth-order valence-electron chi connectivity index (χ4n) is 2.27. The van der Waals surface area contributed by atoms with Crippen LogP contribution in [0.15, 0.2) is 47.0 Å². The molecule has 8 nitrogen and oxygen atoms in total. The Morgan fingerprint density at radius 2 is 1.86 bits per heavy atom. The Bertz CT molecular complexity index is 1110. The van der Waals surface area contributed by atoms with E-state index in [1.54, 1.807) is 24.3 Å². The second-order valence-corrected chi connectivity index (χ2v) is 8.36. The highest BCUT2D eigenvalue weighted by atomic mass is 35.5. The van der Waals surface area contributed by atoms with Gasteiger partial charge in [0, 0.05) is 16.3 Å². The molecule has 0 bridgehead atoms. The fourth-order valence-corrected chi connectivity index (χ4v) is 3.22. The molecule has 0 aliphatic heterocycles. The summed E-state index contributed by atoms with van der Waals surface area (Å²) in [6.45, 7) is -0.000900. The number of nitrogens with one attached hydrogen (secondary N) is 2. The Morgan fingerprint density at radius 3 is 2.50 bits per heavy atom. The lowest BCUT2D eigenvalue weighted by molar-refractivity contribution is 0.0946. The van der Waals surface area contributed by atoms with Gasteiger partial charge in [0.1, 0.15) is 0 Å². The van der Waals surface area contributed by atoms with Crippen molar-refractivity contribution >= 4 is 44.8 Å². The van der Waals surface area contributed by atoms with E-state index in [9.17, 15) is 13.2 Å². The molecule has 0 saturated carbocycles. The van der Waals surface area contributed by atoms with Gasteiger partial charge in [-0.25, -0.2) is 8.42 Å². The number of nitrogens with zero attached hydrogens (tertiary/aromatic N) is 2. The van der Waals surface area contributed by atoms with Crippen molar-refractivity contribution in [3.63, 3.8) is 0 Å². The minimum Gasteiger partial charge on any atom is -0.343 e. The summed E-state index contributed by atoms with van der Waals surface area (Å²) in [5.74, 6) is 0.113. The van der Waals surface area contributed by atoms with Crippen LogP contribution in [0.25, 0.3) is 11.4 Å². The van der Waals surface area contributed by atoms with Crippen LogP contribution >= 0.6 is 23.2 Å². The quantitative estimate of drug-likeness (QED) is 0.607. The topological polar surface area (TPSA) is 114 Å². The van der Waals surface area contributed by atoms with Gasteiger partial charge in [-0.3, -0.25) is 9.52 Å².